The second kappa shape index (κ2) is 6.93. The molecule has 2 rings (SSSR count). The van der Waals surface area contributed by atoms with Crippen LogP contribution >= 0.6 is 11.8 Å². The maximum Gasteiger partial charge on any atom is 0.138 e. The van der Waals surface area contributed by atoms with E-state index < -0.39 is 0 Å². The Morgan fingerprint density at radius 2 is 1.83 bits per heavy atom. The third-order valence-electron chi connectivity index (χ3n) is 2.56. The van der Waals surface area contributed by atoms with E-state index in [9.17, 15) is 0 Å². The standard InChI is InChI=1S/C13H11NOS.C2H6/c1-9-3-6-13(16-8-14)12-7-10(15-2)4-5-11(9)12;1-2/h3-7H,1-2H3;1-2H3. The second-order valence-corrected chi connectivity index (χ2v) is 4.31. The maximum atomic E-state index is 8.76. The van der Waals surface area contributed by atoms with E-state index >= 15 is 0 Å². The number of thiocyanates is 1. The summed E-state index contributed by atoms with van der Waals surface area (Å²) in [5.74, 6) is 0.817. The van der Waals surface area contributed by atoms with Gasteiger partial charge in [-0.05, 0) is 47.8 Å². The minimum absolute atomic E-state index is 0.817. The minimum Gasteiger partial charge on any atom is -0.497 e. The number of aryl methyl sites for hydroxylation is 1. The molecule has 2 aromatic rings. The Morgan fingerprint density at radius 3 is 2.44 bits per heavy atom. The van der Waals surface area contributed by atoms with E-state index in [0.29, 0.717) is 0 Å². The SMILES string of the molecule is CC.COc1ccc2c(C)ccc(SC#N)c2c1. The molecule has 0 saturated heterocycles. The molecule has 0 heterocycles. The van der Waals surface area contributed by atoms with Gasteiger partial charge < -0.3 is 4.74 Å². The van der Waals surface area contributed by atoms with Gasteiger partial charge in [0.1, 0.15) is 11.2 Å². The average molecular weight is 259 g/mol. The molecule has 2 aromatic carbocycles. The fourth-order valence-corrected chi connectivity index (χ4v) is 2.23. The zero-order valence-electron chi connectivity index (χ0n) is 11.2. The Labute approximate surface area is 113 Å². The van der Waals surface area contributed by atoms with Crippen molar-refractivity contribution in [3.05, 3.63) is 35.9 Å². The molecule has 0 amide bonds. The van der Waals surface area contributed by atoms with Crippen LogP contribution in [0.3, 0.4) is 0 Å². The Bertz CT molecular complexity index is 572. The number of nitrogens with zero attached hydrogens (tertiary/aromatic N) is 1. The van der Waals surface area contributed by atoms with Crippen LogP contribution in [0.2, 0.25) is 0 Å². The fourth-order valence-electron chi connectivity index (χ4n) is 1.72. The summed E-state index contributed by atoms with van der Waals surface area (Å²) in [6.45, 7) is 6.07. The summed E-state index contributed by atoms with van der Waals surface area (Å²) in [5.41, 5.74) is 1.21. The fraction of sp³-hybridized carbons (Fsp3) is 0.267. The minimum atomic E-state index is 0.817. The van der Waals surface area contributed by atoms with Gasteiger partial charge in [-0.25, -0.2) is 0 Å². The molecule has 0 aromatic heterocycles. The largest absolute Gasteiger partial charge is 0.497 e. The summed E-state index contributed by atoms with van der Waals surface area (Å²) >= 11 is 1.18. The number of rotatable bonds is 2. The first-order chi connectivity index (χ1) is 8.76. The number of nitriles is 1. The van der Waals surface area contributed by atoms with Crippen LogP contribution in [0, 0.1) is 17.6 Å². The average Bonchev–Trinajstić information content (AvgIpc) is 2.44. The first kappa shape index (κ1) is 14.4. The Balaban J connectivity index is 0.000000771. The molecule has 0 fully saturated rings. The Kier molecular flexibility index (Phi) is 5.54. The van der Waals surface area contributed by atoms with Crippen LogP contribution in [0.4, 0.5) is 0 Å². The van der Waals surface area contributed by atoms with Gasteiger partial charge in [-0.15, -0.1) is 0 Å². The summed E-state index contributed by atoms with van der Waals surface area (Å²) in [4.78, 5) is 0.974. The summed E-state index contributed by atoms with van der Waals surface area (Å²) in [7, 11) is 1.65. The van der Waals surface area contributed by atoms with E-state index in [-0.39, 0.29) is 0 Å². The summed E-state index contributed by atoms with van der Waals surface area (Å²) < 4.78 is 5.20. The number of benzene rings is 2. The van der Waals surface area contributed by atoms with Crippen molar-refractivity contribution in [2.24, 2.45) is 0 Å². The third kappa shape index (κ3) is 2.96. The summed E-state index contributed by atoms with van der Waals surface area (Å²) in [6.07, 6.45) is 0. The summed E-state index contributed by atoms with van der Waals surface area (Å²) in [5, 5.41) is 13.1. The zero-order valence-corrected chi connectivity index (χ0v) is 12.0. The lowest BCUT2D eigenvalue weighted by Gasteiger charge is -2.07. The molecule has 0 aliphatic heterocycles. The van der Waals surface area contributed by atoms with Crippen molar-refractivity contribution >= 4 is 22.5 Å². The normalized spacial score (nSPS) is 9.28. The predicted octanol–water partition coefficient (Wildman–Crippen LogP) is 4.76. The van der Waals surface area contributed by atoms with Crippen molar-refractivity contribution in [2.45, 2.75) is 25.7 Å². The van der Waals surface area contributed by atoms with Gasteiger partial charge in [0, 0.05) is 10.3 Å². The molecule has 0 bridgehead atoms. The monoisotopic (exact) mass is 259 g/mol. The molecule has 0 aliphatic rings. The Morgan fingerprint density at radius 1 is 1.11 bits per heavy atom. The number of hydrogen-bond donors (Lipinski definition) is 0. The van der Waals surface area contributed by atoms with E-state index in [1.807, 2.05) is 44.2 Å². The van der Waals surface area contributed by atoms with Crippen LogP contribution in [0.15, 0.2) is 35.2 Å². The topological polar surface area (TPSA) is 33.0 Å². The van der Waals surface area contributed by atoms with Crippen molar-refractivity contribution in [2.75, 3.05) is 7.11 Å². The van der Waals surface area contributed by atoms with Gasteiger partial charge in [-0.1, -0.05) is 26.0 Å². The van der Waals surface area contributed by atoms with E-state index in [2.05, 4.69) is 12.3 Å². The maximum absolute atomic E-state index is 8.76. The number of thioether (sulfide) groups is 1. The molecule has 94 valence electrons. The van der Waals surface area contributed by atoms with E-state index in [4.69, 9.17) is 10.00 Å². The molecule has 0 radical (unpaired) electrons. The van der Waals surface area contributed by atoms with Crippen molar-refractivity contribution in [1.29, 1.82) is 5.26 Å². The van der Waals surface area contributed by atoms with Crippen LogP contribution < -0.4 is 4.74 Å². The number of ether oxygens (including phenoxy) is 1. The molecule has 0 spiro atoms. The number of methoxy groups -OCH3 is 1. The van der Waals surface area contributed by atoms with Crippen LogP contribution in [-0.2, 0) is 0 Å². The highest BCUT2D eigenvalue weighted by Gasteiger charge is 2.05. The first-order valence-corrected chi connectivity index (χ1v) is 6.71. The number of fused-ring (bicyclic) bond motifs is 1. The van der Waals surface area contributed by atoms with Gasteiger partial charge in [0.25, 0.3) is 0 Å². The van der Waals surface area contributed by atoms with Gasteiger partial charge in [-0.3, -0.25) is 0 Å². The van der Waals surface area contributed by atoms with Crippen LogP contribution in [0.25, 0.3) is 10.8 Å². The quantitative estimate of drug-likeness (QED) is 0.576. The van der Waals surface area contributed by atoms with Gasteiger partial charge in [-0.2, -0.15) is 5.26 Å². The molecular weight excluding hydrogens is 242 g/mol. The molecular formula is C15H17NOS. The van der Waals surface area contributed by atoms with Gasteiger partial charge >= 0.3 is 0 Å². The van der Waals surface area contributed by atoms with Crippen LogP contribution in [0.5, 0.6) is 5.75 Å². The summed E-state index contributed by atoms with van der Waals surface area (Å²) in [6, 6.07) is 9.96. The van der Waals surface area contributed by atoms with E-state index in [1.165, 1.54) is 22.7 Å². The predicted molar refractivity (Wildman–Crippen MR) is 78.1 cm³/mol. The molecule has 0 atom stereocenters. The van der Waals surface area contributed by atoms with E-state index in [1.54, 1.807) is 7.11 Å². The van der Waals surface area contributed by atoms with E-state index in [0.717, 1.165) is 16.0 Å². The lowest BCUT2D eigenvalue weighted by Crippen LogP contribution is -1.85. The molecule has 2 nitrogen and oxygen atoms in total. The smallest absolute Gasteiger partial charge is 0.138 e. The second-order valence-electron chi connectivity index (χ2n) is 3.49. The molecule has 18 heavy (non-hydrogen) atoms. The van der Waals surface area contributed by atoms with Crippen molar-refractivity contribution in [3.8, 4) is 11.2 Å². The first-order valence-electron chi connectivity index (χ1n) is 5.89. The number of hydrogen-bond acceptors (Lipinski definition) is 3. The van der Waals surface area contributed by atoms with Crippen molar-refractivity contribution in [1.82, 2.24) is 0 Å². The highest BCUT2D eigenvalue weighted by atomic mass is 32.2. The molecule has 3 heteroatoms. The highest BCUT2D eigenvalue weighted by molar-refractivity contribution is 8.04. The third-order valence-corrected chi connectivity index (χ3v) is 3.22. The molecule has 0 N–H and O–H groups in total. The molecule has 0 aliphatic carbocycles. The van der Waals surface area contributed by atoms with Gasteiger partial charge in [0.2, 0.25) is 0 Å². The highest BCUT2D eigenvalue weighted by Crippen LogP contribution is 2.32. The van der Waals surface area contributed by atoms with Gasteiger partial charge in [0.15, 0.2) is 0 Å². The van der Waals surface area contributed by atoms with Crippen molar-refractivity contribution in [3.63, 3.8) is 0 Å². The lowest BCUT2D eigenvalue weighted by atomic mass is 10.1. The Hall–Kier alpha value is -1.66. The van der Waals surface area contributed by atoms with Crippen LogP contribution in [0.1, 0.15) is 19.4 Å². The lowest BCUT2D eigenvalue weighted by molar-refractivity contribution is 0.415. The van der Waals surface area contributed by atoms with Crippen molar-refractivity contribution < 1.29 is 4.74 Å². The molecule has 0 saturated carbocycles. The van der Waals surface area contributed by atoms with Gasteiger partial charge in [0.05, 0.1) is 7.11 Å². The zero-order chi connectivity index (χ0) is 13.5. The van der Waals surface area contributed by atoms with Crippen LogP contribution in [-0.4, -0.2) is 7.11 Å². The molecule has 0 unspecified atom stereocenters.